The van der Waals surface area contributed by atoms with Crippen LogP contribution in [-0.2, 0) is 0 Å². The van der Waals surface area contributed by atoms with Gasteiger partial charge in [-0.1, -0.05) is 31.7 Å². The summed E-state index contributed by atoms with van der Waals surface area (Å²) in [7, 11) is 0. The molecular weight excluding hydrogens is 494 g/mol. The van der Waals surface area contributed by atoms with E-state index in [2.05, 4.69) is 43.9 Å². The quantitative estimate of drug-likeness (QED) is 0.318. The molecule has 3 saturated carbocycles. The van der Waals surface area contributed by atoms with Gasteiger partial charge in [0.1, 0.15) is 17.6 Å². The number of thioether (sulfide) groups is 1. The Bertz CT molecular complexity index is 1340. The Morgan fingerprint density at radius 1 is 1.11 bits per heavy atom. The van der Waals surface area contributed by atoms with Gasteiger partial charge in [-0.3, -0.25) is 0 Å². The zero-order valence-electron chi connectivity index (χ0n) is 21.2. The van der Waals surface area contributed by atoms with E-state index in [1.165, 1.54) is 17.8 Å². The summed E-state index contributed by atoms with van der Waals surface area (Å²) in [5, 5.41) is 19.9. The molecule has 0 amide bonds. The van der Waals surface area contributed by atoms with Gasteiger partial charge >= 0.3 is 0 Å². The van der Waals surface area contributed by atoms with Crippen molar-refractivity contribution < 1.29 is 13.9 Å². The fraction of sp³-hybridized carbons (Fsp3) is 0.519. The molecule has 1 aromatic carbocycles. The number of hydrogen-bond acceptors (Lipinski definition) is 8. The van der Waals surface area contributed by atoms with Gasteiger partial charge in [0.2, 0.25) is 0 Å². The van der Waals surface area contributed by atoms with E-state index in [1.807, 2.05) is 6.26 Å². The third-order valence-electron chi connectivity index (χ3n) is 8.36. The van der Waals surface area contributed by atoms with Gasteiger partial charge in [-0.15, -0.1) is 10.2 Å². The molecule has 3 aliphatic rings. The molecule has 2 aromatic heterocycles. The molecule has 3 aromatic rings. The summed E-state index contributed by atoms with van der Waals surface area (Å²) >= 11 is 1.31. The van der Waals surface area contributed by atoms with Crippen LogP contribution in [0.2, 0.25) is 0 Å². The second-order valence-electron chi connectivity index (χ2n) is 11.4. The van der Waals surface area contributed by atoms with Gasteiger partial charge in [-0.05, 0) is 62.3 Å². The number of hydrogen-bond donors (Lipinski definition) is 1. The van der Waals surface area contributed by atoms with Crippen molar-refractivity contribution in [3.8, 4) is 28.4 Å². The van der Waals surface area contributed by atoms with Crippen molar-refractivity contribution in [2.75, 3.05) is 11.2 Å². The van der Waals surface area contributed by atoms with E-state index in [-0.39, 0.29) is 40.2 Å². The molecule has 7 nitrogen and oxygen atoms in total. The van der Waals surface area contributed by atoms with E-state index in [0.29, 0.717) is 22.1 Å². The topological polar surface area (TPSA) is 87.9 Å². The third-order valence-corrected chi connectivity index (χ3v) is 8.93. The van der Waals surface area contributed by atoms with Crippen LogP contribution in [0.1, 0.15) is 52.4 Å². The van der Waals surface area contributed by atoms with Gasteiger partial charge in [0.15, 0.2) is 22.6 Å². The highest BCUT2D eigenvalue weighted by Crippen LogP contribution is 2.60. The predicted molar refractivity (Wildman–Crippen MR) is 139 cm³/mol. The first kappa shape index (κ1) is 24.5. The van der Waals surface area contributed by atoms with Crippen LogP contribution >= 0.6 is 11.8 Å². The first-order valence-corrected chi connectivity index (χ1v) is 13.9. The van der Waals surface area contributed by atoms with E-state index in [9.17, 15) is 9.50 Å². The lowest BCUT2D eigenvalue weighted by Crippen LogP contribution is -2.54. The summed E-state index contributed by atoms with van der Waals surface area (Å²) in [6.45, 7) is 4.38. The highest BCUT2D eigenvalue weighted by atomic mass is 32.2. The molecule has 0 spiro atoms. The number of anilines is 1. The lowest BCUT2D eigenvalue weighted by Gasteiger charge is -2.47. The van der Waals surface area contributed by atoms with Crippen LogP contribution in [0.25, 0.3) is 22.6 Å². The number of alkyl halides is 1. The van der Waals surface area contributed by atoms with Crippen LogP contribution in [0.3, 0.4) is 0 Å². The Balaban J connectivity index is 1.28. The fourth-order valence-electron chi connectivity index (χ4n) is 6.47. The van der Waals surface area contributed by atoms with E-state index < -0.39 is 12.0 Å². The van der Waals surface area contributed by atoms with Crippen molar-refractivity contribution in [1.29, 1.82) is 0 Å². The van der Waals surface area contributed by atoms with E-state index in [1.54, 1.807) is 18.3 Å². The van der Waals surface area contributed by atoms with Crippen LogP contribution in [0.15, 0.2) is 35.7 Å². The maximum Gasteiger partial charge on any atom is 0.187 e. The predicted octanol–water partition coefficient (Wildman–Crippen LogP) is 5.84. The van der Waals surface area contributed by atoms with Crippen molar-refractivity contribution in [2.24, 2.45) is 10.8 Å². The second kappa shape index (κ2) is 8.85. The zero-order chi connectivity index (χ0) is 25.9. The SMILES string of the molecule is CSc1ncc(F)c(-c2ccc(-c3ncc(N(C4CC4)[C@@H]4C[C@@]5(C)CC[C@](C)(C5)[C@@H]4F)nn3)c(O)c2)n1. The summed E-state index contributed by atoms with van der Waals surface area (Å²) in [5.74, 6) is 0.146. The summed E-state index contributed by atoms with van der Waals surface area (Å²) in [5.41, 5.74) is 0.769. The largest absolute Gasteiger partial charge is 0.507 e. The van der Waals surface area contributed by atoms with Crippen LogP contribution in [0.4, 0.5) is 14.6 Å². The molecular formula is C27H30F2N6OS. The van der Waals surface area contributed by atoms with Gasteiger partial charge < -0.3 is 10.0 Å². The molecule has 0 unspecified atom stereocenters. The molecule has 0 radical (unpaired) electrons. The molecule has 1 N–H and O–H groups in total. The lowest BCUT2D eigenvalue weighted by molar-refractivity contribution is 0.0357. The summed E-state index contributed by atoms with van der Waals surface area (Å²) < 4.78 is 30.2. The molecule has 2 heterocycles. The first-order valence-electron chi connectivity index (χ1n) is 12.7. The van der Waals surface area contributed by atoms with E-state index in [0.717, 1.165) is 44.7 Å². The summed E-state index contributed by atoms with van der Waals surface area (Å²) in [6.07, 6.45) is 9.41. The van der Waals surface area contributed by atoms with Crippen molar-refractivity contribution >= 4 is 17.6 Å². The Kier molecular flexibility index (Phi) is 5.85. The van der Waals surface area contributed by atoms with Crippen molar-refractivity contribution in [1.82, 2.24) is 25.1 Å². The maximum absolute atomic E-state index is 15.9. The maximum atomic E-state index is 15.9. The standard InChI is InChI=1S/C27H30F2N6OS/c1-26-8-9-27(2,14-26)23(29)19(11-26)35(16-5-6-16)21-13-30-24(34-33-21)17-7-4-15(10-20(17)36)22-18(28)12-31-25(32-22)37-3/h4,7,10,12-13,16,19,23,36H,5-6,8-9,11,14H2,1-3H3/t19-,23-,26-,27-/m1/s1. The number of phenols is 1. The molecule has 10 heteroatoms. The Hall–Kier alpha value is -2.88. The van der Waals surface area contributed by atoms with Crippen molar-refractivity contribution in [3.05, 3.63) is 36.4 Å². The Morgan fingerprint density at radius 3 is 2.59 bits per heavy atom. The highest BCUT2D eigenvalue weighted by Gasteiger charge is 2.58. The van der Waals surface area contributed by atoms with Crippen LogP contribution in [-0.4, -0.2) is 54.8 Å². The van der Waals surface area contributed by atoms with Crippen molar-refractivity contribution in [2.45, 2.75) is 75.8 Å². The second-order valence-corrected chi connectivity index (χ2v) is 12.2. The van der Waals surface area contributed by atoms with Gasteiger partial charge in [0.05, 0.1) is 24.0 Å². The molecule has 37 heavy (non-hydrogen) atoms. The minimum Gasteiger partial charge on any atom is -0.507 e. The van der Waals surface area contributed by atoms with Crippen LogP contribution in [0.5, 0.6) is 5.75 Å². The number of aromatic hydroxyl groups is 1. The third kappa shape index (κ3) is 4.32. The van der Waals surface area contributed by atoms with E-state index in [4.69, 9.17) is 0 Å². The molecule has 2 bridgehead atoms. The highest BCUT2D eigenvalue weighted by molar-refractivity contribution is 7.98. The average molecular weight is 525 g/mol. The normalized spacial score (nSPS) is 28.9. The number of nitrogens with zero attached hydrogens (tertiary/aromatic N) is 6. The number of halogens is 2. The molecule has 6 rings (SSSR count). The van der Waals surface area contributed by atoms with Crippen LogP contribution < -0.4 is 4.90 Å². The van der Waals surface area contributed by atoms with Gasteiger partial charge in [0, 0.05) is 17.0 Å². The first-order chi connectivity index (χ1) is 17.7. The lowest BCUT2D eigenvalue weighted by atomic mass is 9.67. The number of rotatable bonds is 6. The summed E-state index contributed by atoms with van der Waals surface area (Å²) in [4.78, 5) is 14.8. The number of benzene rings is 1. The van der Waals surface area contributed by atoms with Crippen LogP contribution in [0, 0.1) is 16.6 Å². The fourth-order valence-corrected chi connectivity index (χ4v) is 6.81. The number of aromatic nitrogens is 5. The Morgan fingerprint density at radius 2 is 1.92 bits per heavy atom. The van der Waals surface area contributed by atoms with Gasteiger partial charge in [-0.25, -0.2) is 23.7 Å². The minimum absolute atomic E-state index is 0.108. The zero-order valence-corrected chi connectivity index (χ0v) is 22.0. The summed E-state index contributed by atoms with van der Waals surface area (Å²) in [6, 6.07) is 4.74. The molecule has 0 saturated heterocycles. The van der Waals surface area contributed by atoms with Crippen molar-refractivity contribution in [3.63, 3.8) is 0 Å². The Labute approximate surface area is 219 Å². The molecule has 0 aliphatic heterocycles. The number of phenolic OH excluding ortho intramolecular Hbond substituents is 1. The average Bonchev–Trinajstić information content (AvgIpc) is 3.68. The minimum atomic E-state index is -0.921. The number of fused-ring (bicyclic) bond motifs is 2. The molecule has 3 aliphatic carbocycles. The molecule has 4 atom stereocenters. The van der Waals surface area contributed by atoms with E-state index >= 15 is 4.39 Å². The molecule has 3 fully saturated rings. The monoisotopic (exact) mass is 524 g/mol. The molecule has 194 valence electrons. The smallest absolute Gasteiger partial charge is 0.187 e. The van der Waals surface area contributed by atoms with Gasteiger partial charge in [-0.2, -0.15) is 0 Å². The van der Waals surface area contributed by atoms with Gasteiger partial charge in [0.25, 0.3) is 0 Å².